The molecule has 0 amide bonds. The number of hydrogen-bond donors (Lipinski definition) is 0. The molecule has 0 radical (unpaired) electrons. The first-order chi connectivity index (χ1) is 8.20. The molecule has 2 heterocycles. The average Bonchev–Trinajstić information content (AvgIpc) is 2.76. The van der Waals surface area contributed by atoms with Crippen molar-refractivity contribution in [3.63, 3.8) is 0 Å². The summed E-state index contributed by atoms with van der Waals surface area (Å²) in [7, 11) is 0. The predicted molar refractivity (Wildman–Crippen MR) is 70.3 cm³/mol. The Morgan fingerprint density at radius 2 is 2.41 bits per heavy atom. The summed E-state index contributed by atoms with van der Waals surface area (Å²) in [6, 6.07) is 0.486. The van der Waals surface area contributed by atoms with Gasteiger partial charge in [-0.15, -0.1) is 11.3 Å². The molecule has 0 spiro atoms. The van der Waals surface area contributed by atoms with Crippen LogP contribution in [0.1, 0.15) is 49.9 Å². The Bertz CT molecular complexity index is 389. The zero-order valence-corrected chi connectivity index (χ0v) is 11.4. The summed E-state index contributed by atoms with van der Waals surface area (Å²) in [5.41, 5.74) is 0.944. The fraction of sp³-hybridized carbons (Fsp3) is 0.692. The maximum atomic E-state index is 11.1. The summed E-state index contributed by atoms with van der Waals surface area (Å²) < 4.78 is 0. The van der Waals surface area contributed by atoms with Crippen LogP contribution in [0.4, 0.5) is 0 Å². The predicted octanol–water partition coefficient (Wildman–Crippen LogP) is 2.82. The number of rotatable bonds is 4. The molecule has 1 fully saturated rings. The Morgan fingerprint density at radius 1 is 1.59 bits per heavy atom. The Kier molecular flexibility index (Phi) is 4.29. The average molecular weight is 252 g/mol. The Balaban J connectivity index is 2.09. The number of nitrogens with zero attached hydrogens (tertiary/aromatic N) is 2. The Morgan fingerprint density at radius 3 is 3.12 bits per heavy atom. The van der Waals surface area contributed by atoms with Crippen molar-refractivity contribution in [2.75, 3.05) is 13.1 Å². The first-order valence-corrected chi connectivity index (χ1v) is 7.26. The van der Waals surface area contributed by atoms with Crippen molar-refractivity contribution in [2.45, 2.75) is 45.6 Å². The van der Waals surface area contributed by atoms with E-state index in [0.29, 0.717) is 12.5 Å². The van der Waals surface area contributed by atoms with E-state index in [0.717, 1.165) is 12.2 Å². The third-order valence-corrected chi connectivity index (χ3v) is 4.30. The maximum Gasteiger partial charge on any atom is 0.135 e. The zero-order chi connectivity index (χ0) is 12.3. The number of likely N-dealkylation sites (tertiary alicyclic amines) is 1. The summed E-state index contributed by atoms with van der Waals surface area (Å²) >= 11 is 1.71. The zero-order valence-electron chi connectivity index (χ0n) is 10.6. The molecule has 4 heteroatoms. The van der Waals surface area contributed by atoms with E-state index in [-0.39, 0.29) is 5.78 Å². The molecule has 1 aromatic rings. The minimum absolute atomic E-state index is 0.192. The molecule has 3 nitrogen and oxygen atoms in total. The highest BCUT2D eigenvalue weighted by molar-refractivity contribution is 7.09. The van der Waals surface area contributed by atoms with Crippen molar-refractivity contribution in [3.8, 4) is 0 Å². The summed E-state index contributed by atoms with van der Waals surface area (Å²) in [6.07, 6.45) is 4.29. The van der Waals surface area contributed by atoms with Crippen molar-refractivity contribution in [1.82, 2.24) is 9.88 Å². The van der Waals surface area contributed by atoms with Crippen LogP contribution in [-0.2, 0) is 11.2 Å². The Labute approximate surface area is 107 Å². The molecule has 94 valence electrons. The van der Waals surface area contributed by atoms with Gasteiger partial charge >= 0.3 is 0 Å². The second-order valence-corrected chi connectivity index (χ2v) is 5.59. The lowest BCUT2D eigenvalue weighted by atomic mass is 10.0. The smallest absolute Gasteiger partial charge is 0.135 e. The highest BCUT2D eigenvalue weighted by Gasteiger charge is 2.25. The molecule has 1 saturated heterocycles. The van der Waals surface area contributed by atoms with E-state index in [1.165, 1.54) is 30.8 Å². The number of thiazole rings is 1. The molecule has 1 aliphatic heterocycles. The van der Waals surface area contributed by atoms with Crippen LogP contribution >= 0.6 is 11.3 Å². The third-order valence-electron chi connectivity index (χ3n) is 3.30. The molecular weight excluding hydrogens is 232 g/mol. The summed E-state index contributed by atoms with van der Waals surface area (Å²) in [5, 5.41) is 3.24. The molecule has 1 atom stereocenters. The lowest BCUT2D eigenvalue weighted by Crippen LogP contribution is -2.33. The van der Waals surface area contributed by atoms with Crippen molar-refractivity contribution >= 4 is 17.1 Å². The fourth-order valence-corrected chi connectivity index (χ4v) is 3.45. The monoisotopic (exact) mass is 252 g/mol. The van der Waals surface area contributed by atoms with Gasteiger partial charge in [0.25, 0.3) is 0 Å². The molecule has 0 aliphatic carbocycles. The van der Waals surface area contributed by atoms with Crippen molar-refractivity contribution < 1.29 is 4.79 Å². The minimum Gasteiger partial charge on any atom is -0.300 e. The fourth-order valence-electron chi connectivity index (χ4n) is 2.46. The summed E-state index contributed by atoms with van der Waals surface area (Å²) in [4.78, 5) is 18.2. The van der Waals surface area contributed by atoms with Crippen LogP contribution in [0.15, 0.2) is 5.38 Å². The van der Waals surface area contributed by atoms with Gasteiger partial charge in [0.1, 0.15) is 10.8 Å². The van der Waals surface area contributed by atoms with Gasteiger partial charge in [0.05, 0.1) is 11.7 Å². The van der Waals surface area contributed by atoms with Crippen LogP contribution < -0.4 is 0 Å². The summed E-state index contributed by atoms with van der Waals surface area (Å²) in [5.74, 6) is 0.192. The van der Waals surface area contributed by atoms with Gasteiger partial charge in [-0.1, -0.05) is 13.3 Å². The van der Waals surface area contributed by atoms with Gasteiger partial charge in [-0.2, -0.15) is 0 Å². The van der Waals surface area contributed by atoms with Crippen molar-refractivity contribution in [3.05, 3.63) is 16.1 Å². The number of Topliss-reactive ketones (excluding diaryl/α,β-unsaturated/α-hetero) is 1. The van der Waals surface area contributed by atoms with Gasteiger partial charge in [0, 0.05) is 11.8 Å². The number of hydrogen-bond acceptors (Lipinski definition) is 4. The quantitative estimate of drug-likeness (QED) is 0.826. The molecule has 2 rings (SSSR count). The van der Waals surface area contributed by atoms with E-state index in [9.17, 15) is 4.79 Å². The lowest BCUT2D eigenvalue weighted by molar-refractivity contribution is -0.116. The second kappa shape index (κ2) is 5.74. The van der Waals surface area contributed by atoms with Gasteiger partial charge in [-0.3, -0.25) is 9.69 Å². The molecule has 1 aliphatic rings. The van der Waals surface area contributed by atoms with Gasteiger partial charge in [0.15, 0.2) is 0 Å². The van der Waals surface area contributed by atoms with E-state index in [1.807, 2.05) is 5.38 Å². The topological polar surface area (TPSA) is 33.2 Å². The normalized spacial score (nSPS) is 21.6. The van der Waals surface area contributed by atoms with E-state index < -0.39 is 0 Å². The number of aromatic nitrogens is 1. The third kappa shape index (κ3) is 3.13. The van der Waals surface area contributed by atoms with Crippen LogP contribution in [0.3, 0.4) is 0 Å². The number of carbonyl (C=O) groups excluding carboxylic acids is 1. The van der Waals surface area contributed by atoms with Gasteiger partial charge in [0.2, 0.25) is 0 Å². The molecule has 0 aromatic carbocycles. The molecule has 0 N–H and O–H groups in total. The standard InChI is InChI=1S/C13H20N2OS/c1-3-15-7-5-4-6-12(15)13-14-11(9-17-13)8-10(2)16/h9,12H,3-8H2,1-2H3. The lowest BCUT2D eigenvalue weighted by Gasteiger charge is -2.33. The minimum atomic E-state index is 0.192. The second-order valence-electron chi connectivity index (χ2n) is 4.70. The van der Waals surface area contributed by atoms with Gasteiger partial charge < -0.3 is 0 Å². The number of carbonyl (C=O) groups is 1. The number of piperidine rings is 1. The van der Waals surface area contributed by atoms with Gasteiger partial charge in [-0.25, -0.2) is 4.98 Å². The maximum absolute atomic E-state index is 11.1. The van der Waals surface area contributed by atoms with E-state index >= 15 is 0 Å². The van der Waals surface area contributed by atoms with Gasteiger partial charge in [-0.05, 0) is 32.9 Å². The highest BCUT2D eigenvalue weighted by atomic mass is 32.1. The molecule has 0 bridgehead atoms. The van der Waals surface area contributed by atoms with E-state index in [1.54, 1.807) is 18.3 Å². The Hall–Kier alpha value is -0.740. The molecule has 1 unspecified atom stereocenters. The van der Waals surface area contributed by atoms with Crippen molar-refractivity contribution in [2.24, 2.45) is 0 Å². The highest BCUT2D eigenvalue weighted by Crippen LogP contribution is 2.32. The first-order valence-electron chi connectivity index (χ1n) is 6.38. The van der Waals surface area contributed by atoms with Crippen LogP contribution in [-0.4, -0.2) is 28.8 Å². The van der Waals surface area contributed by atoms with Crippen LogP contribution in [0.25, 0.3) is 0 Å². The van der Waals surface area contributed by atoms with E-state index in [4.69, 9.17) is 0 Å². The van der Waals surface area contributed by atoms with E-state index in [2.05, 4.69) is 16.8 Å². The molecule has 1 aromatic heterocycles. The molecular formula is C13H20N2OS. The molecule has 17 heavy (non-hydrogen) atoms. The first kappa shape index (κ1) is 12.7. The van der Waals surface area contributed by atoms with Crippen molar-refractivity contribution in [1.29, 1.82) is 0 Å². The van der Waals surface area contributed by atoms with Crippen LogP contribution in [0, 0.1) is 0 Å². The van der Waals surface area contributed by atoms with Crippen LogP contribution in [0.2, 0.25) is 0 Å². The summed E-state index contributed by atoms with van der Waals surface area (Å²) in [6.45, 7) is 6.11. The SMILES string of the molecule is CCN1CCCCC1c1nc(CC(C)=O)cs1. The van der Waals surface area contributed by atoms with Crippen LogP contribution in [0.5, 0.6) is 0 Å². The molecule has 0 saturated carbocycles. The largest absolute Gasteiger partial charge is 0.300 e. The number of ketones is 1.